The summed E-state index contributed by atoms with van der Waals surface area (Å²) in [4.78, 5) is 20.0. The van der Waals surface area contributed by atoms with Crippen LogP contribution in [0.5, 0.6) is 0 Å². The molecule has 3 heterocycles. The first-order valence-electron chi connectivity index (χ1n) is 6.25. The predicted octanol–water partition coefficient (Wildman–Crippen LogP) is 0.182. The number of piperidine rings is 1. The van der Waals surface area contributed by atoms with E-state index in [9.17, 15) is 4.79 Å². The molecule has 0 unspecified atom stereocenters. The van der Waals surface area contributed by atoms with Crippen LogP contribution >= 0.6 is 0 Å². The van der Waals surface area contributed by atoms with Crippen molar-refractivity contribution in [3.63, 3.8) is 0 Å². The summed E-state index contributed by atoms with van der Waals surface area (Å²) in [5, 5.41) is 6.16. The van der Waals surface area contributed by atoms with E-state index < -0.39 is 0 Å². The lowest BCUT2D eigenvalue weighted by Crippen LogP contribution is -2.49. The van der Waals surface area contributed by atoms with Gasteiger partial charge in [0.25, 0.3) is 0 Å². The summed E-state index contributed by atoms with van der Waals surface area (Å²) in [7, 11) is 0. The molecule has 96 valence electrons. The highest BCUT2D eigenvalue weighted by Gasteiger charge is 2.37. The highest BCUT2D eigenvalue weighted by molar-refractivity contribution is 5.91. The van der Waals surface area contributed by atoms with E-state index in [4.69, 9.17) is 4.74 Å². The number of carbonyl (C=O) groups is 1. The maximum atomic E-state index is 12.1. The number of carbonyl (C=O) groups excluding carboxylic acids is 1. The van der Waals surface area contributed by atoms with E-state index in [-0.39, 0.29) is 17.9 Å². The van der Waals surface area contributed by atoms with Gasteiger partial charge in [-0.3, -0.25) is 9.78 Å². The maximum Gasteiger partial charge on any atom is 0.230 e. The molecule has 18 heavy (non-hydrogen) atoms. The standard InChI is InChI=1S/C12H16N4O2/c17-12(16-11-7-13-2-3-14-11)8-5-10-9(15-6-8)1-4-18-10/h2-3,7-10,15H,1,4-6H2,(H,14,16,17)/t8-,9+,10-/m0/s1. The number of rotatable bonds is 2. The van der Waals surface area contributed by atoms with E-state index in [1.807, 2.05) is 0 Å². The molecule has 6 heteroatoms. The molecule has 1 amide bonds. The van der Waals surface area contributed by atoms with Gasteiger partial charge in [0.1, 0.15) is 0 Å². The van der Waals surface area contributed by atoms with E-state index in [1.54, 1.807) is 18.6 Å². The van der Waals surface area contributed by atoms with Crippen LogP contribution in [-0.4, -0.2) is 41.2 Å². The molecule has 2 fully saturated rings. The van der Waals surface area contributed by atoms with Crippen LogP contribution in [0, 0.1) is 5.92 Å². The summed E-state index contributed by atoms with van der Waals surface area (Å²) in [6.07, 6.45) is 6.69. The quantitative estimate of drug-likeness (QED) is 0.781. The zero-order valence-corrected chi connectivity index (χ0v) is 10.0. The minimum Gasteiger partial charge on any atom is -0.377 e. The van der Waals surface area contributed by atoms with Crippen molar-refractivity contribution < 1.29 is 9.53 Å². The molecule has 2 aliphatic heterocycles. The Bertz CT molecular complexity index is 425. The van der Waals surface area contributed by atoms with Crippen molar-refractivity contribution >= 4 is 11.7 Å². The minimum atomic E-state index is -0.0636. The third-order valence-electron chi connectivity index (χ3n) is 3.54. The molecule has 0 saturated carbocycles. The topological polar surface area (TPSA) is 76.1 Å². The molecule has 6 nitrogen and oxygen atoms in total. The van der Waals surface area contributed by atoms with Crippen LogP contribution in [0.3, 0.4) is 0 Å². The fourth-order valence-electron chi connectivity index (χ4n) is 2.56. The second-order valence-electron chi connectivity index (χ2n) is 4.73. The SMILES string of the molecule is O=C(Nc1cnccn1)[C@@H]1CN[C@@H]2CCO[C@H]2C1. The summed E-state index contributed by atoms with van der Waals surface area (Å²) in [5.41, 5.74) is 0. The number of hydrogen-bond donors (Lipinski definition) is 2. The van der Waals surface area contributed by atoms with Gasteiger partial charge in [0.15, 0.2) is 5.82 Å². The van der Waals surface area contributed by atoms with Gasteiger partial charge in [0.05, 0.1) is 18.2 Å². The van der Waals surface area contributed by atoms with Crippen LogP contribution < -0.4 is 10.6 Å². The van der Waals surface area contributed by atoms with Crippen molar-refractivity contribution in [2.24, 2.45) is 5.92 Å². The van der Waals surface area contributed by atoms with Gasteiger partial charge in [-0.15, -0.1) is 0 Å². The maximum absolute atomic E-state index is 12.1. The first kappa shape index (κ1) is 11.6. The molecular weight excluding hydrogens is 232 g/mol. The molecule has 0 spiro atoms. The Morgan fingerprint density at radius 2 is 2.44 bits per heavy atom. The normalized spacial score (nSPS) is 30.8. The molecule has 0 aromatic carbocycles. The summed E-state index contributed by atoms with van der Waals surface area (Å²) in [6, 6.07) is 0.422. The fraction of sp³-hybridized carbons (Fsp3) is 0.583. The Labute approximate surface area is 105 Å². The second-order valence-corrected chi connectivity index (χ2v) is 4.73. The third-order valence-corrected chi connectivity index (χ3v) is 3.54. The molecule has 2 N–H and O–H groups in total. The number of anilines is 1. The second kappa shape index (κ2) is 4.99. The average molecular weight is 248 g/mol. The van der Waals surface area contributed by atoms with Gasteiger partial charge in [0, 0.05) is 31.6 Å². The van der Waals surface area contributed by atoms with Gasteiger partial charge < -0.3 is 15.4 Å². The Kier molecular flexibility index (Phi) is 3.21. The number of hydrogen-bond acceptors (Lipinski definition) is 5. The van der Waals surface area contributed by atoms with E-state index in [0.717, 1.165) is 19.4 Å². The number of aromatic nitrogens is 2. The Morgan fingerprint density at radius 1 is 1.50 bits per heavy atom. The molecule has 1 aromatic heterocycles. The summed E-state index contributed by atoms with van der Waals surface area (Å²) < 4.78 is 5.62. The van der Waals surface area contributed by atoms with Crippen LogP contribution in [0.1, 0.15) is 12.8 Å². The van der Waals surface area contributed by atoms with E-state index in [1.165, 1.54) is 0 Å². The lowest BCUT2D eigenvalue weighted by atomic mass is 9.91. The minimum absolute atomic E-state index is 0.0167. The number of amides is 1. The molecular formula is C12H16N4O2. The average Bonchev–Trinajstić information content (AvgIpc) is 2.87. The summed E-state index contributed by atoms with van der Waals surface area (Å²) in [6.45, 7) is 1.50. The lowest BCUT2D eigenvalue weighted by molar-refractivity contribution is -0.121. The largest absolute Gasteiger partial charge is 0.377 e. The van der Waals surface area contributed by atoms with Crippen LogP contribution in [0.25, 0.3) is 0 Å². The monoisotopic (exact) mass is 248 g/mol. The molecule has 2 saturated heterocycles. The van der Waals surface area contributed by atoms with Gasteiger partial charge in [-0.2, -0.15) is 0 Å². The van der Waals surface area contributed by atoms with Gasteiger partial charge in [0.2, 0.25) is 5.91 Å². The van der Waals surface area contributed by atoms with Crippen LogP contribution in [0.2, 0.25) is 0 Å². The van der Waals surface area contributed by atoms with Crippen molar-refractivity contribution in [1.29, 1.82) is 0 Å². The predicted molar refractivity (Wildman–Crippen MR) is 64.9 cm³/mol. The third kappa shape index (κ3) is 2.34. The number of nitrogens with one attached hydrogen (secondary N) is 2. The first-order valence-corrected chi connectivity index (χ1v) is 6.25. The molecule has 0 aliphatic carbocycles. The van der Waals surface area contributed by atoms with Gasteiger partial charge in [-0.05, 0) is 12.8 Å². The van der Waals surface area contributed by atoms with Crippen molar-refractivity contribution in [1.82, 2.24) is 15.3 Å². The van der Waals surface area contributed by atoms with Crippen LogP contribution in [0.15, 0.2) is 18.6 Å². The summed E-state index contributed by atoms with van der Waals surface area (Å²) in [5.74, 6) is 0.417. The van der Waals surface area contributed by atoms with E-state index in [0.29, 0.717) is 18.4 Å². The van der Waals surface area contributed by atoms with Gasteiger partial charge >= 0.3 is 0 Å². The zero-order valence-electron chi connectivity index (χ0n) is 10.0. The van der Waals surface area contributed by atoms with E-state index in [2.05, 4.69) is 20.6 Å². The van der Waals surface area contributed by atoms with Crippen molar-refractivity contribution in [3.05, 3.63) is 18.6 Å². The molecule has 0 bridgehead atoms. The van der Waals surface area contributed by atoms with E-state index >= 15 is 0 Å². The molecule has 3 rings (SSSR count). The number of nitrogens with zero attached hydrogens (tertiary/aromatic N) is 2. The number of ether oxygens (including phenoxy) is 1. The Morgan fingerprint density at radius 3 is 3.28 bits per heavy atom. The molecule has 0 radical (unpaired) electrons. The van der Waals surface area contributed by atoms with Crippen molar-refractivity contribution in [3.8, 4) is 0 Å². The zero-order chi connectivity index (χ0) is 12.4. The molecule has 3 atom stereocenters. The van der Waals surface area contributed by atoms with Crippen LogP contribution in [0.4, 0.5) is 5.82 Å². The van der Waals surface area contributed by atoms with Gasteiger partial charge in [-0.1, -0.05) is 0 Å². The highest BCUT2D eigenvalue weighted by atomic mass is 16.5. The van der Waals surface area contributed by atoms with Crippen molar-refractivity contribution in [2.45, 2.75) is 25.0 Å². The first-order chi connectivity index (χ1) is 8.83. The molecule has 1 aromatic rings. The Hall–Kier alpha value is -1.53. The lowest BCUT2D eigenvalue weighted by Gasteiger charge is -2.30. The molecule has 2 aliphatic rings. The van der Waals surface area contributed by atoms with Crippen molar-refractivity contribution in [2.75, 3.05) is 18.5 Å². The Balaban J connectivity index is 1.60. The number of fused-ring (bicyclic) bond motifs is 1. The summed E-state index contributed by atoms with van der Waals surface area (Å²) >= 11 is 0. The van der Waals surface area contributed by atoms with Crippen LogP contribution in [-0.2, 0) is 9.53 Å². The van der Waals surface area contributed by atoms with Gasteiger partial charge in [-0.25, -0.2) is 4.98 Å². The highest BCUT2D eigenvalue weighted by Crippen LogP contribution is 2.25. The fourth-order valence-corrected chi connectivity index (χ4v) is 2.56. The smallest absolute Gasteiger partial charge is 0.230 e.